The molecule has 0 bridgehead atoms. The maximum absolute atomic E-state index is 13.7. The number of carbonyl (C=O) groups is 3. The van der Waals surface area contributed by atoms with Crippen molar-refractivity contribution in [1.29, 1.82) is 0 Å². The third kappa shape index (κ3) is 7.90. The van der Waals surface area contributed by atoms with Gasteiger partial charge >= 0.3 is 0 Å². The number of likely N-dealkylation sites (tertiary alicyclic amines) is 1. The van der Waals surface area contributed by atoms with Crippen molar-refractivity contribution in [1.82, 2.24) is 19.6 Å². The van der Waals surface area contributed by atoms with Gasteiger partial charge in [0.1, 0.15) is 29.1 Å². The summed E-state index contributed by atoms with van der Waals surface area (Å²) in [6, 6.07) is 12.4. The number of nitrogens with two attached hydrogens (primary N) is 1. The molecule has 2 aromatic heterocycles. The van der Waals surface area contributed by atoms with Crippen LogP contribution in [-0.2, 0) is 24.4 Å². The summed E-state index contributed by atoms with van der Waals surface area (Å²) in [6.45, 7) is 0.154. The molecule has 268 valence electrons. The topological polar surface area (TPSA) is 175 Å². The molecule has 4 atom stereocenters. The minimum atomic E-state index is -3.51. The van der Waals surface area contributed by atoms with Crippen LogP contribution < -0.4 is 15.2 Å². The number of nitrogens with one attached hydrogen (secondary N) is 1. The summed E-state index contributed by atoms with van der Waals surface area (Å²) in [5, 5.41) is 0.350. The first-order valence-corrected chi connectivity index (χ1v) is 19.0. The maximum Gasteiger partial charge on any atom is 0.262 e. The van der Waals surface area contributed by atoms with E-state index in [-0.39, 0.29) is 48.8 Å². The van der Waals surface area contributed by atoms with Gasteiger partial charge in [-0.1, -0.05) is 37.1 Å². The van der Waals surface area contributed by atoms with Crippen LogP contribution in [-0.4, -0.2) is 64.9 Å². The lowest BCUT2D eigenvalue weighted by Gasteiger charge is -2.21. The molecule has 12 nitrogen and oxygen atoms in total. The van der Waals surface area contributed by atoms with Gasteiger partial charge in [0, 0.05) is 29.7 Å². The number of allylic oxidation sites excluding steroid dienone is 2. The van der Waals surface area contributed by atoms with Crippen molar-refractivity contribution >= 4 is 49.8 Å². The number of sulfonamides is 1. The van der Waals surface area contributed by atoms with Gasteiger partial charge in [0.15, 0.2) is 5.82 Å². The number of aromatic nitrogens is 2. The number of furan rings is 1. The fourth-order valence-electron chi connectivity index (χ4n) is 6.67. The van der Waals surface area contributed by atoms with Crippen molar-refractivity contribution in [2.24, 2.45) is 17.6 Å². The molecule has 3 fully saturated rings. The Morgan fingerprint density at radius 3 is 2.55 bits per heavy atom. The van der Waals surface area contributed by atoms with Gasteiger partial charge < -0.3 is 19.8 Å². The summed E-state index contributed by atoms with van der Waals surface area (Å²) in [4.78, 5) is 48.8. The Balaban J connectivity index is 0.906. The van der Waals surface area contributed by atoms with Gasteiger partial charge in [0.2, 0.25) is 33.3 Å². The quantitative estimate of drug-likeness (QED) is 0.124. The van der Waals surface area contributed by atoms with Crippen LogP contribution in [0.3, 0.4) is 0 Å². The molecular weight excluding hydrogens is 678 g/mol. The molecule has 2 aromatic carbocycles. The summed E-state index contributed by atoms with van der Waals surface area (Å²) in [5.74, 6) is -1.27. The predicted octanol–water partition coefficient (Wildman–Crippen LogP) is 5.16. The molecule has 0 radical (unpaired) electrons. The number of ether oxygens (including phenoxy) is 1. The third-order valence-corrected chi connectivity index (χ3v) is 11.6. The van der Waals surface area contributed by atoms with Gasteiger partial charge in [-0.05, 0) is 80.8 Å². The highest BCUT2D eigenvalue weighted by Crippen LogP contribution is 2.41. The highest BCUT2D eigenvalue weighted by Gasteiger charge is 2.45. The van der Waals surface area contributed by atoms with E-state index >= 15 is 0 Å². The standard InChI is InChI=1S/C37H40FN5O7S/c38-24-15-13-22(14-16-24)35-40-32-27-10-7-8-11-30(27)50-33(32)37(41-35)49-25-20-29(34(39)45)43(21-25)31(44)12-6-4-2-1-3-5-9-23-19-28(23)36(46)42-51(47,48)26-17-18-26/h5,7-11,13-16,23,25-26,28-29H,1-4,6,12,17-21H2,(H2,39,45)(H,42,46)/b9-5-/t23-,25-,28+,29+/m1/s1. The van der Waals surface area contributed by atoms with Crippen LogP contribution in [0, 0.1) is 17.7 Å². The van der Waals surface area contributed by atoms with Gasteiger partial charge in [-0.15, -0.1) is 0 Å². The van der Waals surface area contributed by atoms with E-state index < -0.39 is 39.2 Å². The minimum Gasteiger partial charge on any atom is -0.470 e. The highest BCUT2D eigenvalue weighted by molar-refractivity contribution is 7.90. The average Bonchev–Trinajstić information content (AvgIpc) is 4.03. The van der Waals surface area contributed by atoms with Crippen LogP contribution in [0.25, 0.3) is 33.5 Å². The second kappa shape index (κ2) is 14.4. The Morgan fingerprint density at radius 1 is 1.02 bits per heavy atom. The molecule has 1 aliphatic heterocycles. The number of unbranched alkanes of at least 4 members (excludes halogenated alkanes) is 4. The molecule has 2 aliphatic carbocycles. The average molecular weight is 718 g/mol. The lowest BCUT2D eigenvalue weighted by atomic mass is 10.1. The number of nitrogens with zero attached hydrogens (tertiary/aromatic N) is 3. The summed E-state index contributed by atoms with van der Waals surface area (Å²) in [5.41, 5.74) is 7.77. The monoisotopic (exact) mass is 717 g/mol. The van der Waals surface area contributed by atoms with Crippen molar-refractivity contribution in [2.75, 3.05) is 6.54 Å². The minimum absolute atomic E-state index is 0.0828. The van der Waals surface area contributed by atoms with Gasteiger partial charge in [0.05, 0.1) is 11.8 Å². The van der Waals surface area contributed by atoms with Crippen molar-refractivity contribution in [3.8, 4) is 17.3 Å². The molecule has 3 N–H and O–H groups in total. The number of hydrogen-bond donors (Lipinski definition) is 2. The Bertz CT molecular complexity index is 2100. The zero-order valence-corrected chi connectivity index (χ0v) is 28.8. The van der Waals surface area contributed by atoms with E-state index in [2.05, 4.69) is 9.71 Å². The number of halogens is 1. The molecule has 0 spiro atoms. The number of para-hydroxylation sites is 1. The summed E-state index contributed by atoms with van der Waals surface area (Å²) in [7, 11) is -3.51. The van der Waals surface area contributed by atoms with Crippen molar-refractivity contribution in [2.45, 2.75) is 81.6 Å². The molecule has 3 heterocycles. The van der Waals surface area contributed by atoms with E-state index in [9.17, 15) is 27.2 Å². The highest BCUT2D eigenvalue weighted by atomic mass is 32.2. The number of benzene rings is 2. The smallest absolute Gasteiger partial charge is 0.262 e. The zero-order chi connectivity index (χ0) is 35.7. The molecule has 3 aliphatic rings. The van der Waals surface area contributed by atoms with Crippen LogP contribution in [0.4, 0.5) is 4.39 Å². The van der Waals surface area contributed by atoms with E-state index in [1.807, 2.05) is 36.4 Å². The first-order chi connectivity index (χ1) is 24.6. The van der Waals surface area contributed by atoms with Crippen molar-refractivity contribution < 1.29 is 36.3 Å². The first kappa shape index (κ1) is 34.6. The Morgan fingerprint density at radius 2 is 1.78 bits per heavy atom. The van der Waals surface area contributed by atoms with Crippen molar-refractivity contribution in [3.05, 3.63) is 66.5 Å². The largest absolute Gasteiger partial charge is 0.470 e. The number of fused-ring (bicyclic) bond motifs is 3. The number of primary amides is 1. The second-order valence-electron chi connectivity index (χ2n) is 13.7. The van der Waals surface area contributed by atoms with Crippen LogP contribution in [0.1, 0.15) is 64.2 Å². The Labute approximate surface area is 294 Å². The van der Waals surface area contributed by atoms with Crippen LogP contribution >= 0.6 is 0 Å². The molecule has 2 saturated carbocycles. The van der Waals surface area contributed by atoms with Crippen LogP contribution in [0.5, 0.6) is 5.88 Å². The molecule has 7 rings (SSSR count). The molecule has 3 amide bonds. The van der Waals surface area contributed by atoms with E-state index in [1.54, 1.807) is 12.1 Å². The Hall–Kier alpha value is -4.85. The van der Waals surface area contributed by atoms with Crippen LogP contribution in [0.2, 0.25) is 0 Å². The lowest BCUT2D eigenvalue weighted by molar-refractivity contribution is -0.137. The maximum atomic E-state index is 13.7. The fourth-order valence-corrected chi connectivity index (χ4v) is 8.03. The fraction of sp³-hybridized carbons (Fsp3) is 0.432. The predicted molar refractivity (Wildman–Crippen MR) is 187 cm³/mol. The lowest BCUT2D eigenvalue weighted by Crippen LogP contribution is -2.43. The van der Waals surface area contributed by atoms with Gasteiger partial charge in [-0.3, -0.25) is 19.1 Å². The van der Waals surface area contributed by atoms with Crippen molar-refractivity contribution in [3.63, 3.8) is 0 Å². The molecule has 1 saturated heterocycles. The first-order valence-electron chi connectivity index (χ1n) is 17.5. The number of carbonyl (C=O) groups excluding carboxylic acids is 3. The van der Waals surface area contributed by atoms with Gasteiger partial charge in [0.25, 0.3) is 5.88 Å². The summed E-state index contributed by atoms with van der Waals surface area (Å²) in [6.07, 6.45) is 9.98. The number of amides is 3. The Kier molecular flexibility index (Phi) is 9.77. The van der Waals surface area contributed by atoms with Gasteiger partial charge in [-0.25, -0.2) is 17.8 Å². The number of rotatable bonds is 15. The molecule has 14 heteroatoms. The molecular formula is C37H40FN5O7S. The van der Waals surface area contributed by atoms with E-state index in [1.165, 1.54) is 17.0 Å². The second-order valence-corrected chi connectivity index (χ2v) is 15.6. The normalized spacial score (nSPS) is 21.8. The summed E-state index contributed by atoms with van der Waals surface area (Å²) < 4.78 is 52.3. The molecule has 0 unspecified atom stereocenters. The van der Waals surface area contributed by atoms with E-state index in [0.717, 1.165) is 31.1 Å². The van der Waals surface area contributed by atoms with E-state index in [4.69, 9.17) is 19.9 Å². The number of hydrogen-bond acceptors (Lipinski definition) is 9. The van der Waals surface area contributed by atoms with E-state index in [0.29, 0.717) is 53.8 Å². The third-order valence-electron chi connectivity index (χ3n) is 9.76. The SMILES string of the molecule is NC(=O)[C@@H]1C[C@@H](Oc2nc(-c3ccc(F)cc3)nc3c2oc2ccccc23)CN1C(=O)CCCCCC/C=C\[C@@H]1C[C@@H]1C(=O)NS(=O)(=O)C1CC1. The zero-order valence-electron chi connectivity index (χ0n) is 28.0. The molecule has 4 aromatic rings. The molecule has 51 heavy (non-hydrogen) atoms. The summed E-state index contributed by atoms with van der Waals surface area (Å²) >= 11 is 0. The van der Waals surface area contributed by atoms with Crippen LogP contribution in [0.15, 0.2) is 65.1 Å². The van der Waals surface area contributed by atoms with Gasteiger partial charge in [-0.2, -0.15) is 4.98 Å².